The van der Waals surface area contributed by atoms with E-state index in [4.69, 9.17) is 10.5 Å². The molecule has 1 saturated carbocycles. The Kier molecular flexibility index (Phi) is 5.95. The van der Waals surface area contributed by atoms with Crippen LogP contribution in [0, 0.1) is 17.8 Å². The van der Waals surface area contributed by atoms with Gasteiger partial charge in [-0.05, 0) is 44.4 Å². The van der Waals surface area contributed by atoms with Gasteiger partial charge in [-0.1, -0.05) is 0 Å². The average molecular weight is 461 g/mol. The minimum atomic E-state index is -5.00. The fraction of sp³-hybridized carbons (Fsp3) is 0.800. The maximum Gasteiger partial charge on any atom is 0.522 e. The first-order chi connectivity index (χ1) is 15.0. The summed E-state index contributed by atoms with van der Waals surface area (Å²) < 4.78 is 47.1. The Bertz CT molecular complexity index is 815. The SMILES string of the molecule is NC(=O)C1CC2CC2([C@H](C[C@H]2CCNC2=O)C(=O)COC(F)(F)F)N1C(=O)[C@H]1CCCO1. The molecule has 3 saturated heterocycles. The zero-order valence-electron chi connectivity index (χ0n) is 17.4. The number of likely N-dealkylation sites (tertiary alicyclic amines) is 1. The van der Waals surface area contributed by atoms with E-state index in [0.717, 1.165) is 0 Å². The second kappa shape index (κ2) is 8.29. The standard InChI is InChI=1S/C20H26F3N3O6/c21-20(22,23)32-9-14(27)12(6-10-3-4-25-17(10)29)19-8-11(19)7-13(16(24)28)26(19)18(30)15-2-1-5-31-15/h10-13,15H,1-9H2,(H2,24,28)(H,25,29)/t10-,11?,12-,13?,15-,19?/m1/s1. The number of ether oxygens (including phenoxy) is 2. The summed E-state index contributed by atoms with van der Waals surface area (Å²) in [7, 11) is 0. The summed E-state index contributed by atoms with van der Waals surface area (Å²) >= 11 is 0. The fourth-order valence-corrected chi connectivity index (χ4v) is 5.73. The molecule has 9 nitrogen and oxygen atoms in total. The van der Waals surface area contributed by atoms with E-state index in [1.807, 2.05) is 0 Å². The Hall–Kier alpha value is -2.21. The van der Waals surface area contributed by atoms with Gasteiger partial charge in [-0.15, -0.1) is 13.2 Å². The Labute approximate surface area is 182 Å². The zero-order valence-corrected chi connectivity index (χ0v) is 17.4. The number of amides is 3. The van der Waals surface area contributed by atoms with Crippen LogP contribution >= 0.6 is 0 Å². The highest BCUT2D eigenvalue weighted by atomic mass is 19.4. The molecule has 4 rings (SSSR count). The second-order valence-corrected chi connectivity index (χ2v) is 9.02. The van der Waals surface area contributed by atoms with Crippen molar-refractivity contribution in [2.75, 3.05) is 19.8 Å². The fourth-order valence-electron chi connectivity index (χ4n) is 5.73. The van der Waals surface area contributed by atoms with Crippen LogP contribution in [0.2, 0.25) is 0 Å². The normalized spacial score (nSPS) is 34.8. The Morgan fingerprint density at radius 2 is 2.06 bits per heavy atom. The second-order valence-electron chi connectivity index (χ2n) is 9.02. The summed E-state index contributed by atoms with van der Waals surface area (Å²) in [5.41, 5.74) is 4.39. The van der Waals surface area contributed by atoms with Crippen molar-refractivity contribution in [2.24, 2.45) is 23.5 Å². The van der Waals surface area contributed by atoms with Crippen molar-refractivity contribution in [1.82, 2.24) is 10.2 Å². The summed E-state index contributed by atoms with van der Waals surface area (Å²) in [6.07, 6.45) is -3.69. The molecule has 3 N–H and O–H groups in total. The summed E-state index contributed by atoms with van der Waals surface area (Å²) in [4.78, 5) is 52.0. The predicted molar refractivity (Wildman–Crippen MR) is 100 cm³/mol. The van der Waals surface area contributed by atoms with Crippen molar-refractivity contribution in [2.45, 2.75) is 62.6 Å². The third-order valence-electron chi connectivity index (χ3n) is 7.21. The third-order valence-corrected chi connectivity index (χ3v) is 7.21. The predicted octanol–water partition coefficient (Wildman–Crippen LogP) is 0.258. The number of halogens is 3. The number of alkyl halides is 3. The first-order valence-corrected chi connectivity index (χ1v) is 10.8. The number of nitrogens with zero attached hydrogens (tertiary/aromatic N) is 1. The molecular weight excluding hydrogens is 435 g/mol. The van der Waals surface area contributed by atoms with Crippen molar-refractivity contribution in [3.63, 3.8) is 0 Å². The van der Waals surface area contributed by atoms with Gasteiger partial charge in [-0.2, -0.15) is 0 Å². The van der Waals surface area contributed by atoms with Crippen molar-refractivity contribution in [3.8, 4) is 0 Å². The molecule has 3 amide bonds. The number of hydrogen-bond acceptors (Lipinski definition) is 6. The molecule has 6 atom stereocenters. The van der Waals surface area contributed by atoms with Crippen molar-refractivity contribution < 1.29 is 41.8 Å². The monoisotopic (exact) mass is 461 g/mol. The minimum Gasteiger partial charge on any atom is -0.368 e. The molecule has 0 bridgehead atoms. The molecular formula is C20H26F3N3O6. The molecule has 12 heteroatoms. The molecule has 4 aliphatic rings. The van der Waals surface area contributed by atoms with Crippen LogP contribution in [-0.4, -0.2) is 72.2 Å². The molecule has 4 fully saturated rings. The van der Waals surface area contributed by atoms with Crippen LogP contribution in [0.5, 0.6) is 0 Å². The van der Waals surface area contributed by atoms with E-state index >= 15 is 0 Å². The van der Waals surface area contributed by atoms with Crippen molar-refractivity contribution in [1.29, 1.82) is 0 Å². The average Bonchev–Trinajstić information content (AvgIpc) is 3.14. The number of fused-ring (bicyclic) bond motifs is 1. The lowest BCUT2D eigenvalue weighted by Gasteiger charge is -2.39. The summed E-state index contributed by atoms with van der Waals surface area (Å²) in [5.74, 6) is -4.27. The topological polar surface area (TPSA) is 128 Å². The first kappa shape index (κ1) is 23.0. The number of hydrogen-bond donors (Lipinski definition) is 2. The van der Waals surface area contributed by atoms with Gasteiger partial charge in [0.2, 0.25) is 11.8 Å². The van der Waals surface area contributed by atoms with Crippen LogP contribution in [-0.2, 0) is 28.7 Å². The van der Waals surface area contributed by atoms with Crippen molar-refractivity contribution in [3.05, 3.63) is 0 Å². The lowest BCUT2D eigenvalue weighted by Crippen LogP contribution is -2.57. The van der Waals surface area contributed by atoms with E-state index in [1.54, 1.807) is 0 Å². The molecule has 0 aromatic rings. The van der Waals surface area contributed by atoms with E-state index in [9.17, 15) is 32.3 Å². The number of Topliss-reactive ketones (excluding diaryl/α,β-unsaturated/α-hetero) is 1. The molecule has 1 aliphatic carbocycles. The minimum absolute atomic E-state index is 0.0246. The van der Waals surface area contributed by atoms with Gasteiger partial charge in [0.15, 0.2) is 5.78 Å². The molecule has 3 aliphatic heterocycles. The van der Waals surface area contributed by atoms with Crippen LogP contribution < -0.4 is 11.1 Å². The van der Waals surface area contributed by atoms with Gasteiger partial charge in [-0.3, -0.25) is 23.9 Å². The smallest absolute Gasteiger partial charge is 0.368 e. The van der Waals surface area contributed by atoms with Crippen molar-refractivity contribution >= 4 is 23.5 Å². The highest BCUT2D eigenvalue weighted by Gasteiger charge is 2.72. The summed E-state index contributed by atoms with van der Waals surface area (Å²) in [6.45, 7) is -0.436. The Morgan fingerprint density at radius 1 is 1.31 bits per heavy atom. The van der Waals surface area contributed by atoms with E-state index in [0.29, 0.717) is 38.8 Å². The van der Waals surface area contributed by atoms with E-state index in [-0.39, 0.29) is 24.7 Å². The number of rotatable bonds is 8. The number of ketones is 1. The van der Waals surface area contributed by atoms with Gasteiger partial charge in [-0.25, -0.2) is 0 Å². The highest BCUT2D eigenvalue weighted by Crippen LogP contribution is 2.63. The first-order valence-electron chi connectivity index (χ1n) is 10.8. The lowest BCUT2D eigenvalue weighted by molar-refractivity contribution is -0.321. The zero-order chi connectivity index (χ0) is 23.3. The van der Waals surface area contributed by atoms with Crippen LogP contribution in [0.4, 0.5) is 13.2 Å². The number of carbonyl (C=O) groups is 4. The number of nitrogens with two attached hydrogens (primary N) is 1. The largest absolute Gasteiger partial charge is 0.522 e. The van der Waals surface area contributed by atoms with Gasteiger partial charge in [0.05, 0.1) is 5.54 Å². The van der Waals surface area contributed by atoms with Crippen LogP contribution in [0.1, 0.15) is 38.5 Å². The Balaban J connectivity index is 1.65. The molecule has 0 radical (unpaired) electrons. The third kappa shape index (κ3) is 4.09. The van der Waals surface area contributed by atoms with Crippen LogP contribution in [0.3, 0.4) is 0 Å². The Morgan fingerprint density at radius 3 is 2.62 bits per heavy atom. The molecule has 3 unspecified atom stereocenters. The van der Waals surface area contributed by atoms with Gasteiger partial charge in [0.1, 0.15) is 18.8 Å². The summed E-state index contributed by atoms with van der Waals surface area (Å²) in [6, 6.07) is -0.971. The molecule has 0 aromatic carbocycles. The van der Waals surface area contributed by atoms with E-state index < -0.39 is 60.1 Å². The van der Waals surface area contributed by atoms with E-state index in [1.165, 1.54) is 4.90 Å². The van der Waals surface area contributed by atoms with Gasteiger partial charge < -0.3 is 20.7 Å². The number of nitrogens with one attached hydrogen (secondary N) is 1. The maximum absolute atomic E-state index is 13.3. The lowest BCUT2D eigenvalue weighted by atomic mass is 9.81. The van der Waals surface area contributed by atoms with E-state index in [2.05, 4.69) is 10.1 Å². The number of carbonyl (C=O) groups excluding carboxylic acids is 4. The molecule has 178 valence electrons. The quantitative estimate of drug-likeness (QED) is 0.534. The van der Waals surface area contributed by atoms with Gasteiger partial charge >= 0.3 is 6.36 Å². The van der Waals surface area contributed by atoms with Crippen LogP contribution in [0.25, 0.3) is 0 Å². The molecule has 0 aromatic heterocycles. The molecule has 3 heterocycles. The highest BCUT2D eigenvalue weighted by molar-refractivity contribution is 5.93. The molecule has 32 heavy (non-hydrogen) atoms. The molecule has 0 spiro atoms. The number of piperidine rings is 1. The van der Waals surface area contributed by atoms with Gasteiger partial charge in [0.25, 0.3) is 5.91 Å². The van der Waals surface area contributed by atoms with Gasteiger partial charge in [0, 0.05) is 25.0 Å². The van der Waals surface area contributed by atoms with Crippen LogP contribution in [0.15, 0.2) is 0 Å². The maximum atomic E-state index is 13.3. The number of primary amides is 1. The summed E-state index contributed by atoms with van der Waals surface area (Å²) in [5, 5.41) is 2.66.